The number of benzene rings is 1. The molecule has 0 fully saturated rings. The molecule has 17 heavy (non-hydrogen) atoms. The topological polar surface area (TPSA) is 43.8 Å². The van der Waals surface area contributed by atoms with Crippen LogP contribution < -0.4 is 5.73 Å². The van der Waals surface area contributed by atoms with Crippen LogP contribution in [0.25, 0.3) is 11.0 Å². The van der Waals surface area contributed by atoms with Crippen LogP contribution in [0.15, 0.2) is 18.2 Å². The van der Waals surface area contributed by atoms with Crippen molar-refractivity contribution in [2.45, 2.75) is 39.3 Å². The van der Waals surface area contributed by atoms with Crippen molar-refractivity contribution in [3.8, 4) is 0 Å². The summed E-state index contributed by atoms with van der Waals surface area (Å²) in [6.45, 7) is 6.31. The summed E-state index contributed by atoms with van der Waals surface area (Å²) in [5, 5.41) is 0.711. The highest BCUT2D eigenvalue weighted by Gasteiger charge is 2.17. The highest BCUT2D eigenvalue weighted by molar-refractivity contribution is 6.31. The molecular formula is C13H18ClN3. The molecule has 0 spiro atoms. The van der Waals surface area contributed by atoms with Crippen LogP contribution in [0.3, 0.4) is 0 Å². The van der Waals surface area contributed by atoms with E-state index < -0.39 is 0 Å². The Balaban J connectivity index is 2.71. The molecule has 0 aliphatic carbocycles. The summed E-state index contributed by atoms with van der Waals surface area (Å²) in [5.41, 5.74) is 8.02. The van der Waals surface area contributed by atoms with E-state index in [-0.39, 0.29) is 6.04 Å². The highest BCUT2D eigenvalue weighted by atomic mass is 35.5. The van der Waals surface area contributed by atoms with Gasteiger partial charge in [-0.15, -0.1) is 0 Å². The Labute approximate surface area is 107 Å². The highest BCUT2D eigenvalue weighted by Crippen LogP contribution is 2.27. The predicted octanol–water partition coefficient (Wildman–Crippen LogP) is 3.68. The number of aromatic nitrogens is 2. The molecule has 1 heterocycles. The zero-order chi connectivity index (χ0) is 12.6. The average molecular weight is 252 g/mol. The van der Waals surface area contributed by atoms with E-state index in [2.05, 4.69) is 23.4 Å². The fraction of sp³-hybridized carbons (Fsp3) is 0.462. The molecule has 0 saturated carbocycles. The lowest BCUT2D eigenvalue weighted by Crippen LogP contribution is -2.16. The number of nitrogens with two attached hydrogens (primary N) is 1. The molecule has 1 aromatic carbocycles. The zero-order valence-electron chi connectivity index (χ0n) is 10.4. The third kappa shape index (κ3) is 2.17. The Morgan fingerprint density at radius 2 is 2.12 bits per heavy atom. The average Bonchev–Trinajstić information content (AvgIpc) is 2.66. The first-order valence-corrected chi connectivity index (χ1v) is 6.35. The first kappa shape index (κ1) is 12.4. The van der Waals surface area contributed by atoms with Crippen molar-refractivity contribution in [1.82, 2.24) is 9.55 Å². The fourth-order valence-corrected chi connectivity index (χ4v) is 2.22. The van der Waals surface area contributed by atoms with Crippen molar-refractivity contribution in [3.05, 3.63) is 29.0 Å². The number of hydrogen-bond acceptors (Lipinski definition) is 2. The summed E-state index contributed by atoms with van der Waals surface area (Å²) in [6, 6.07) is 6.12. The maximum atomic E-state index is 5.99. The Morgan fingerprint density at radius 1 is 1.41 bits per heavy atom. The van der Waals surface area contributed by atoms with Gasteiger partial charge in [-0.3, -0.25) is 0 Å². The summed E-state index contributed by atoms with van der Waals surface area (Å²) >= 11 is 5.99. The molecule has 0 bridgehead atoms. The van der Waals surface area contributed by atoms with Gasteiger partial charge in [0.1, 0.15) is 5.82 Å². The van der Waals surface area contributed by atoms with Crippen LogP contribution in [0.1, 0.15) is 45.1 Å². The molecule has 92 valence electrons. The van der Waals surface area contributed by atoms with Gasteiger partial charge in [-0.05, 0) is 38.5 Å². The van der Waals surface area contributed by atoms with E-state index in [1.807, 2.05) is 25.1 Å². The number of fused-ring (bicyclic) bond motifs is 1. The maximum Gasteiger partial charge on any atom is 0.126 e. The van der Waals surface area contributed by atoms with Crippen LogP contribution in [-0.2, 0) is 0 Å². The lowest BCUT2D eigenvalue weighted by Gasteiger charge is -2.17. The van der Waals surface area contributed by atoms with Crippen molar-refractivity contribution in [2.75, 3.05) is 0 Å². The monoisotopic (exact) mass is 251 g/mol. The Hall–Kier alpha value is -1.06. The largest absolute Gasteiger partial charge is 0.324 e. The minimum absolute atomic E-state index is 0.0739. The number of hydrogen-bond donors (Lipinski definition) is 1. The third-order valence-electron chi connectivity index (χ3n) is 3.12. The Bertz CT molecular complexity index is 531. The van der Waals surface area contributed by atoms with Gasteiger partial charge in [-0.1, -0.05) is 18.5 Å². The summed E-state index contributed by atoms with van der Waals surface area (Å²) in [4.78, 5) is 4.60. The molecule has 2 aromatic rings. The van der Waals surface area contributed by atoms with Crippen LogP contribution in [-0.4, -0.2) is 9.55 Å². The summed E-state index contributed by atoms with van der Waals surface area (Å²) in [7, 11) is 0. The van der Waals surface area contributed by atoms with Gasteiger partial charge in [-0.2, -0.15) is 0 Å². The molecule has 0 aliphatic heterocycles. The van der Waals surface area contributed by atoms with E-state index in [1.165, 1.54) is 0 Å². The normalized spacial score (nSPS) is 15.1. The standard InChI is InChI=1S/C13H18ClN3/c1-4-8(2)17-12-6-5-10(14)7-11(12)16-13(17)9(3)15/h5-9H,4,15H2,1-3H3/t8-,9-/m1/s1. The van der Waals surface area contributed by atoms with Crippen molar-refractivity contribution in [3.63, 3.8) is 0 Å². The number of nitrogens with zero attached hydrogens (tertiary/aromatic N) is 2. The van der Waals surface area contributed by atoms with E-state index in [0.29, 0.717) is 11.1 Å². The van der Waals surface area contributed by atoms with Crippen molar-refractivity contribution < 1.29 is 0 Å². The minimum atomic E-state index is -0.0739. The SMILES string of the molecule is CC[C@@H](C)n1c([C@@H](C)N)nc2cc(Cl)ccc21. The fourth-order valence-electron chi connectivity index (χ4n) is 2.06. The van der Waals surface area contributed by atoms with Gasteiger partial charge in [0, 0.05) is 11.1 Å². The smallest absolute Gasteiger partial charge is 0.126 e. The van der Waals surface area contributed by atoms with E-state index in [0.717, 1.165) is 23.3 Å². The van der Waals surface area contributed by atoms with Gasteiger partial charge in [0.25, 0.3) is 0 Å². The minimum Gasteiger partial charge on any atom is -0.324 e. The van der Waals surface area contributed by atoms with Crippen LogP contribution in [0.2, 0.25) is 5.02 Å². The first-order valence-electron chi connectivity index (χ1n) is 5.97. The van der Waals surface area contributed by atoms with E-state index in [1.54, 1.807) is 0 Å². The Kier molecular flexibility index (Phi) is 3.40. The van der Waals surface area contributed by atoms with E-state index >= 15 is 0 Å². The summed E-state index contributed by atoms with van der Waals surface area (Å²) in [5.74, 6) is 0.927. The van der Waals surface area contributed by atoms with Crippen LogP contribution in [0.4, 0.5) is 0 Å². The quantitative estimate of drug-likeness (QED) is 0.904. The molecule has 1 aromatic heterocycles. The first-order chi connectivity index (χ1) is 8.04. The molecule has 0 amide bonds. The van der Waals surface area contributed by atoms with Gasteiger partial charge in [-0.25, -0.2) is 4.98 Å². The maximum absolute atomic E-state index is 5.99. The lowest BCUT2D eigenvalue weighted by molar-refractivity contribution is 0.506. The molecule has 0 aliphatic rings. The second-order valence-electron chi connectivity index (χ2n) is 4.52. The van der Waals surface area contributed by atoms with E-state index in [9.17, 15) is 0 Å². The summed E-state index contributed by atoms with van der Waals surface area (Å²) in [6.07, 6.45) is 1.05. The van der Waals surface area contributed by atoms with Crippen molar-refractivity contribution in [1.29, 1.82) is 0 Å². The molecule has 2 atom stereocenters. The van der Waals surface area contributed by atoms with Crippen LogP contribution >= 0.6 is 11.6 Å². The molecule has 0 radical (unpaired) electrons. The molecule has 2 rings (SSSR count). The summed E-state index contributed by atoms with van der Waals surface area (Å²) < 4.78 is 2.22. The van der Waals surface area contributed by atoms with Gasteiger partial charge >= 0.3 is 0 Å². The van der Waals surface area contributed by atoms with Gasteiger partial charge in [0.15, 0.2) is 0 Å². The van der Waals surface area contributed by atoms with Gasteiger partial charge in [0.05, 0.1) is 17.1 Å². The third-order valence-corrected chi connectivity index (χ3v) is 3.35. The van der Waals surface area contributed by atoms with Crippen molar-refractivity contribution in [2.24, 2.45) is 5.73 Å². The molecule has 3 nitrogen and oxygen atoms in total. The van der Waals surface area contributed by atoms with Crippen molar-refractivity contribution >= 4 is 22.6 Å². The molecular weight excluding hydrogens is 234 g/mol. The lowest BCUT2D eigenvalue weighted by atomic mass is 10.2. The number of imidazole rings is 1. The Morgan fingerprint density at radius 3 is 2.71 bits per heavy atom. The second kappa shape index (κ2) is 4.67. The van der Waals surface area contributed by atoms with Crippen LogP contribution in [0, 0.1) is 0 Å². The second-order valence-corrected chi connectivity index (χ2v) is 4.96. The number of halogens is 1. The van der Waals surface area contributed by atoms with E-state index in [4.69, 9.17) is 17.3 Å². The molecule has 0 saturated heterocycles. The van der Waals surface area contributed by atoms with Gasteiger partial charge < -0.3 is 10.3 Å². The molecule has 4 heteroatoms. The molecule has 2 N–H and O–H groups in total. The predicted molar refractivity (Wildman–Crippen MR) is 72.3 cm³/mol. The van der Waals surface area contributed by atoms with Gasteiger partial charge in [0.2, 0.25) is 0 Å². The van der Waals surface area contributed by atoms with Crippen LogP contribution in [0.5, 0.6) is 0 Å². The molecule has 0 unspecified atom stereocenters. The number of rotatable bonds is 3. The zero-order valence-corrected chi connectivity index (χ0v) is 11.2.